The van der Waals surface area contributed by atoms with Crippen LogP contribution in [0.3, 0.4) is 0 Å². The van der Waals surface area contributed by atoms with Crippen LogP contribution in [0.15, 0.2) is 18.2 Å². The van der Waals surface area contributed by atoms with Gasteiger partial charge in [-0.15, -0.1) is 0 Å². The van der Waals surface area contributed by atoms with Crippen molar-refractivity contribution in [3.63, 3.8) is 0 Å². The van der Waals surface area contributed by atoms with E-state index in [1.54, 1.807) is 12.1 Å². The lowest BCUT2D eigenvalue weighted by atomic mass is 10.1. The number of hydrogen-bond acceptors (Lipinski definition) is 3. The standard InChI is InChI=1S/C13H21NO2/c1-4-10(3)14-9-11-8-12(16-5-2)6-7-13(11)15/h6-8,10,14-15H,4-5,9H2,1-3H3. The fraction of sp³-hybridized carbons (Fsp3) is 0.538. The second-order valence-electron chi connectivity index (χ2n) is 3.91. The lowest BCUT2D eigenvalue weighted by Crippen LogP contribution is -2.24. The van der Waals surface area contributed by atoms with Gasteiger partial charge in [0.1, 0.15) is 11.5 Å². The SMILES string of the molecule is CCOc1ccc(O)c(CNC(C)CC)c1. The van der Waals surface area contributed by atoms with Crippen LogP contribution in [-0.4, -0.2) is 17.8 Å². The van der Waals surface area contributed by atoms with Gasteiger partial charge in [0, 0.05) is 18.2 Å². The zero-order chi connectivity index (χ0) is 12.0. The highest BCUT2D eigenvalue weighted by Crippen LogP contribution is 2.23. The molecule has 1 aromatic carbocycles. The van der Waals surface area contributed by atoms with Gasteiger partial charge in [-0.3, -0.25) is 0 Å². The summed E-state index contributed by atoms with van der Waals surface area (Å²) in [6.07, 6.45) is 1.08. The Labute approximate surface area is 97.4 Å². The Hall–Kier alpha value is -1.22. The summed E-state index contributed by atoms with van der Waals surface area (Å²) in [6, 6.07) is 5.80. The minimum absolute atomic E-state index is 0.319. The maximum Gasteiger partial charge on any atom is 0.120 e. The first-order chi connectivity index (χ1) is 7.67. The first-order valence-corrected chi connectivity index (χ1v) is 5.85. The van der Waals surface area contributed by atoms with E-state index in [2.05, 4.69) is 19.2 Å². The minimum atomic E-state index is 0.319. The highest BCUT2D eigenvalue weighted by Gasteiger charge is 2.05. The van der Waals surface area contributed by atoms with Crippen LogP contribution in [0.4, 0.5) is 0 Å². The normalized spacial score (nSPS) is 12.4. The fourth-order valence-corrected chi connectivity index (χ4v) is 1.39. The Morgan fingerprint density at radius 2 is 2.12 bits per heavy atom. The van der Waals surface area contributed by atoms with Crippen LogP contribution in [0.1, 0.15) is 32.8 Å². The van der Waals surface area contributed by atoms with Crippen molar-refractivity contribution in [1.29, 1.82) is 0 Å². The number of phenols is 1. The number of aromatic hydroxyl groups is 1. The third kappa shape index (κ3) is 3.74. The minimum Gasteiger partial charge on any atom is -0.508 e. The van der Waals surface area contributed by atoms with Crippen LogP contribution in [0, 0.1) is 0 Å². The van der Waals surface area contributed by atoms with E-state index >= 15 is 0 Å². The molecule has 1 aromatic rings. The second-order valence-corrected chi connectivity index (χ2v) is 3.91. The zero-order valence-corrected chi connectivity index (χ0v) is 10.3. The molecular weight excluding hydrogens is 202 g/mol. The number of nitrogens with one attached hydrogen (secondary N) is 1. The third-order valence-electron chi connectivity index (χ3n) is 2.62. The average Bonchev–Trinajstić information content (AvgIpc) is 2.29. The number of ether oxygens (including phenoxy) is 1. The molecule has 0 aliphatic carbocycles. The average molecular weight is 223 g/mol. The van der Waals surface area contributed by atoms with E-state index in [0.29, 0.717) is 24.9 Å². The molecule has 90 valence electrons. The summed E-state index contributed by atoms with van der Waals surface area (Å²) < 4.78 is 5.40. The van der Waals surface area contributed by atoms with Gasteiger partial charge in [0.25, 0.3) is 0 Å². The van der Waals surface area contributed by atoms with Gasteiger partial charge in [-0.05, 0) is 38.5 Å². The fourth-order valence-electron chi connectivity index (χ4n) is 1.39. The highest BCUT2D eigenvalue weighted by molar-refractivity contribution is 5.39. The Kier molecular flexibility index (Phi) is 5.12. The Balaban J connectivity index is 2.66. The molecule has 0 amide bonds. The molecule has 0 saturated heterocycles. The maximum atomic E-state index is 9.69. The molecule has 16 heavy (non-hydrogen) atoms. The first kappa shape index (κ1) is 12.8. The molecular formula is C13H21NO2. The first-order valence-electron chi connectivity index (χ1n) is 5.85. The van der Waals surface area contributed by atoms with Crippen LogP contribution in [0.5, 0.6) is 11.5 Å². The predicted molar refractivity (Wildman–Crippen MR) is 65.9 cm³/mol. The second kappa shape index (κ2) is 6.38. The largest absolute Gasteiger partial charge is 0.508 e. The van der Waals surface area contributed by atoms with E-state index in [0.717, 1.165) is 17.7 Å². The van der Waals surface area contributed by atoms with Gasteiger partial charge in [-0.25, -0.2) is 0 Å². The summed E-state index contributed by atoms with van der Waals surface area (Å²) in [5.74, 6) is 1.13. The van der Waals surface area contributed by atoms with Gasteiger partial charge in [-0.2, -0.15) is 0 Å². The third-order valence-corrected chi connectivity index (χ3v) is 2.62. The smallest absolute Gasteiger partial charge is 0.120 e. The summed E-state index contributed by atoms with van der Waals surface area (Å²) in [6.45, 7) is 7.52. The zero-order valence-electron chi connectivity index (χ0n) is 10.3. The van der Waals surface area contributed by atoms with Crippen molar-refractivity contribution in [2.75, 3.05) is 6.61 Å². The quantitative estimate of drug-likeness (QED) is 0.779. The summed E-state index contributed by atoms with van der Waals surface area (Å²) in [5, 5.41) is 13.0. The molecule has 0 aliphatic heterocycles. The van der Waals surface area contributed by atoms with Crippen molar-refractivity contribution >= 4 is 0 Å². The molecule has 0 radical (unpaired) electrons. The van der Waals surface area contributed by atoms with Crippen molar-refractivity contribution in [3.05, 3.63) is 23.8 Å². The van der Waals surface area contributed by atoms with Gasteiger partial charge < -0.3 is 15.2 Å². The van der Waals surface area contributed by atoms with Crippen molar-refractivity contribution in [3.8, 4) is 11.5 Å². The van der Waals surface area contributed by atoms with E-state index in [-0.39, 0.29) is 0 Å². The van der Waals surface area contributed by atoms with E-state index in [1.807, 2.05) is 13.0 Å². The monoisotopic (exact) mass is 223 g/mol. The number of benzene rings is 1. The van der Waals surface area contributed by atoms with Crippen molar-refractivity contribution in [2.24, 2.45) is 0 Å². The van der Waals surface area contributed by atoms with Crippen LogP contribution < -0.4 is 10.1 Å². The van der Waals surface area contributed by atoms with Crippen LogP contribution >= 0.6 is 0 Å². The van der Waals surface area contributed by atoms with Gasteiger partial charge in [0.15, 0.2) is 0 Å². The molecule has 0 bridgehead atoms. The van der Waals surface area contributed by atoms with Crippen molar-refractivity contribution in [2.45, 2.75) is 39.8 Å². The molecule has 0 saturated carbocycles. The molecule has 0 heterocycles. The Morgan fingerprint density at radius 3 is 2.75 bits per heavy atom. The predicted octanol–water partition coefficient (Wildman–Crippen LogP) is 2.68. The van der Waals surface area contributed by atoms with Crippen molar-refractivity contribution in [1.82, 2.24) is 5.32 Å². The van der Waals surface area contributed by atoms with Gasteiger partial charge in [-0.1, -0.05) is 6.92 Å². The molecule has 3 nitrogen and oxygen atoms in total. The van der Waals surface area contributed by atoms with Gasteiger partial charge >= 0.3 is 0 Å². The Bertz CT molecular complexity index is 326. The summed E-state index contributed by atoms with van der Waals surface area (Å²) in [5.41, 5.74) is 0.881. The van der Waals surface area contributed by atoms with Crippen LogP contribution in [0.25, 0.3) is 0 Å². The van der Waals surface area contributed by atoms with E-state index in [9.17, 15) is 5.11 Å². The number of hydrogen-bond donors (Lipinski definition) is 2. The van der Waals surface area contributed by atoms with Crippen molar-refractivity contribution < 1.29 is 9.84 Å². The molecule has 2 N–H and O–H groups in total. The number of phenolic OH excluding ortho intramolecular Hbond substituents is 1. The van der Waals surface area contributed by atoms with E-state index in [4.69, 9.17) is 4.74 Å². The van der Waals surface area contributed by atoms with Gasteiger partial charge in [0.2, 0.25) is 0 Å². The number of rotatable bonds is 6. The molecule has 0 spiro atoms. The van der Waals surface area contributed by atoms with E-state index in [1.165, 1.54) is 0 Å². The maximum absolute atomic E-state index is 9.69. The van der Waals surface area contributed by atoms with Crippen LogP contribution in [0.2, 0.25) is 0 Å². The topological polar surface area (TPSA) is 41.5 Å². The molecule has 0 aromatic heterocycles. The Morgan fingerprint density at radius 1 is 1.38 bits per heavy atom. The molecule has 0 aliphatic rings. The van der Waals surface area contributed by atoms with E-state index < -0.39 is 0 Å². The summed E-state index contributed by atoms with van der Waals surface area (Å²) in [7, 11) is 0. The summed E-state index contributed by atoms with van der Waals surface area (Å²) in [4.78, 5) is 0. The molecule has 0 fully saturated rings. The molecule has 1 unspecified atom stereocenters. The van der Waals surface area contributed by atoms with Gasteiger partial charge in [0.05, 0.1) is 6.61 Å². The lowest BCUT2D eigenvalue weighted by molar-refractivity contribution is 0.338. The highest BCUT2D eigenvalue weighted by atomic mass is 16.5. The lowest BCUT2D eigenvalue weighted by Gasteiger charge is -2.13. The molecule has 1 atom stereocenters. The molecule has 1 rings (SSSR count). The molecule has 3 heteroatoms. The summed E-state index contributed by atoms with van der Waals surface area (Å²) >= 11 is 0. The van der Waals surface area contributed by atoms with Crippen LogP contribution in [-0.2, 0) is 6.54 Å².